The summed E-state index contributed by atoms with van der Waals surface area (Å²) in [6.07, 6.45) is 0. The third-order valence-electron chi connectivity index (χ3n) is 1.15. The highest BCUT2D eigenvalue weighted by atomic mass is 127. The summed E-state index contributed by atoms with van der Waals surface area (Å²) in [6, 6.07) is 1.42. The largest absolute Gasteiger partial charge is 0.395 e. The minimum absolute atomic E-state index is 0.0913. The van der Waals surface area contributed by atoms with Crippen molar-refractivity contribution in [2.24, 2.45) is 0 Å². The lowest BCUT2D eigenvalue weighted by Gasteiger charge is -2.02. The van der Waals surface area contributed by atoms with Crippen molar-refractivity contribution >= 4 is 44.2 Å². The molecule has 0 saturated heterocycles. The fourth-order valence-corrected chi connectivity index (χ4v) is 1.96. The van der Waals surface area contributed by atoms with Gasteiger partial charge in [-0.1, -0.05) is 0 Å². The van der Waals surface area contributed by atoms with E-state index in [2.05, 4.69) is 15.9 Å². The Labute approximate surface area is 84.2 Å². The summed E-state index contributed by atoms with van der Waals surface area (Å²) < 4.78 is 26.0. The highest BCUT2D eigenvalue weighted by Crippen LogP contribution is 2.27. The number of hydrogen-bond donors (Lipinski definition) is 1. The van der Waals surface area contributed by atoms with Crippen LogP contribution in [0.15, 0.2) is 10.5 Å². The monoisotopic (exact) mass is 333 g/mol. The average Bonchev–Trinajstić information content (AvgIpc) is 1.97. The van der Waals surface area contributed by atoms with Crippen molar-refractivity contribution in [3.8, 4) is 0 Å². The van der Waals surface area contributed by atoms with Crippen molar-refractivity contribution in [1.82, 2.24) is 0 Å². The van der Waals surface area contributed by atoms with Gasteiger partial charge in [0.1, 0.15) is 0 Å². The zero-order valence-electron chi connectivity index (χ0n) is 5.17. The van der Waals surface area contributed by atoms with Gasteiger partial charge in [0, 0.05) is 3.57 Å². The molecule has 0 aromatic heterocycles. The number of nitrogen functional groups attached to an aromatic ring is 1. The molecule has 0 spiro atoms. The molecule has 1 nitrogen and oxygen atoms in total. The van der Waals surface area contributed by atoms with Crippen molar-refractivity contribution in [3.63, 3.8) is 0 Å². The lowest BCUT2D eigenvalue weighted by Crippen LogP contribution is -1.98. The fraction of sp³-hybridized carbons (Fsp3) is 0. The molecule has 1 rings (SSSR count). The average molecular weight is 334 g/mol. The third kappa shape index (κ3) is 1.64. The van der Waals surface area contributed by atoms with Gasteiger partial charge in [0.25, 0.3) is 0 Å². The molecule has 0 heterocycles. The first-order valence-corrected chi connectivity index (χ1v) is 4.49. The summed E-state index contributed by atoms with van der Waals surface area (Å²) in [5.41, 5.74) is 5.06. The molecule has 0 unspecified atom stereocenters. The van der Waals surface area contributed by atoms with Crippen molar-refractivity contribution < 1.29 is 8.78 Å². The second-order valence-corrected chi connectivity index (χ2v) is 3.90. The Morgan fingerprint density at radius 2 is 1.91 bits per heavy atom. The molecule has 11 heavy (non-hydrogen) atoms. The van der Waals surface area contributed by atoms with Crippen LogP contribution in [0.4, 0.5) is 14.5 Å². The molecule has 0 aliphatic heterocycles. The fourth-order valence-electron chi connectivity index (χ4n) is 0.580. The van der Waals surface area contributed by atoms with Crippen molar-refractivity contribution in [2.75, 3.05) is 5.73 Å². The molecule has 5 heteroatoms. The second kappa shape index (κ2) is 3.22. The normalized spacial score (nSPS) is 10.2. The molecule has 0 atom stereocenters. The van der Waals surface area contributed by atoms with E-state index in [1.54, 1.807) is 0 Å². The van der Waals surface area contributed by atoms with Gasteiger partial charge >= 0.3 is 0 Å². The molecule has 0 saturated carbocycles. The molecule has 60 valence electrons. The van der Waals surface area contributed by atoms with E-state index in [1.165, 1.54) is 6.07 Å². The van der Waals surface area contributed by atoms with Gasteiger partial charge in [-0.2, -0.15) is 0 Å². The van der Waals surface area contributed by atoms with Gasteiger partial charge in [-0.3, -0.25) is 0 Å². The molecular formula is C6H3BrF2IN. The Hall–Kier alpha value is 0.0900. The molecule has 1 aromatic rings. The SMILES string of the molecule is Nc1c(I)cc(Br)c(F)c1F. The molecule has 0 radical (unpaired) electrons. The van der Waals surface area contributed by atoms with Crippen molar-refractivity contribution in [3.05, 3.63) is 25.7 Å². The highest BCUT2D eigenvalue weighted by Gasteiger charge is 2.12. The summed E-state index contributed by atoms with van der Waals surface area (Å²) >= 11 is 4.69. The van der Waals surface area contributed by atoms with Crippen LogP contribution in [0.3, 0.4) is 0 Å². The number of anilines is 1. The molecule has 2 N–H and O–H groups in total. The van der Waals surface area contributed by atoms with Crippen LogP contribution in [0, 0.1) is 15.2 Å². The van der Waals surface area contributed by atoms with Crippen LogP contribution in [0.5, 0.6) is 0 Å². The van der Waals surface area contributed by atoms with Gasteiger partial charge in [-0.15, -0.1) is 0 Å². The topological polar surface area (TPSA) is 26.0 Å². The van der Waals surface area contributed by atoms with Crippen LogP contribution in [-0.2, 0) is 0 Å². The van der Waals surface area contributed by atoms with E-state index in [0.717, 1.165) is 0 Å². The number of nitrogens with two attached hydrogens (primary N) is 1. The Balaban J connectivity index is 3.46. The molecule has 1 aromatic carbocycles. The Morgan fingerprint density at radius 1 is 1.36 bits per heavy atom. The van der Waals surface area contributed by atoms with Crippen LogP contribution < -0.4 is 5.73 Å². The lowest BCUT2D eigenvalue weighted by molar-refractivity contribution is 0.507. The zero-order valence-corrected chi connectivity index (χ0v) is 8.91. The number of rotatable bonds is 0. The molecule has 0 aliphatic carbocycles. The first-order valence-electron chi connectivity index (χ1n) is 2.62. The maximum atomic E-state index is 12.7. The Morgan fingerprint density at radius 3 is 2.45 bits per heavy atom. The van der Waals surface area contributed by atoms with Crippen LogP contribution in [-0.4, -0.2) is 0 Å². The summed E-state index contributed by atoms with van der Waals surface area (Å²) in [7, 11) is 0. The molecule has 0 fully saturated rings. The standard InChI is InChI=1S/C6H3BrF2IN/c7-2-1-3(10)6(11)5(9)4(2)8/h1H,11H2. The van der Waals surface area contributed by atoms with Crippen molar-refractivity contribution in [1.29, 1.82) is 0 Å². The molecule has 0 bridgehead atoms. The van der Waals surface area contributed by atoms with Gasteiger partial charge < -0.3 is 5.73 Å². The Bertz CT molecular complexity index is 277. The lowest BCUT2D eigenvalue weighted by atomic mass is 10.3. The first-order chi connectivity index (χ1) is 5.04. The van der Waals surface area contributed by atoms with Gasteiger partial charge in [0.2, 0.25) is 0 Å². The maximum absolute atomic E-state index is 12.7. The van der Waals surface area contributed by atoms with E-state index < -0.39 is 11.6 Å². The van der Waals surface area contributed by atoms with E-state index in [0.29, 0.717) is 3.57 Å². The summed E-state index contributed by atoms with van der Waals surface area (Å²) in [6.45, 7) is 0. The van der Waals surface area contributed by atoms with Gasteiger partial charge in [0.15, 0.2) is 11.6 Å². The number of benzene rings is 1. The zero-order chi connectivity index (χ0) is 8.59. The molecule has 0 aliphatic rings. The van der Waals surface area contributed by atoms with Crippen molar-refractivity contribution in [2.45, 2.75) is 0 Å². The third-order valence-corrected chi connectivity index (χ3v) is 2.62. The van der Waals surface area contributed by atoms with E-state index in [4.69, 9.17) is 5.73 Å². The van der Waals surface area contributed by atoms with E-state index in [-0.39, 0.29) is 10.2 Å². The van der Waals surface area contributed by atoms with Crippen LogP contribution in [0.2, 0.25) is 0 Å². The quantitative estimate of drug-likeness (QED) is 0.336. The van der Waals surface area contributed by atoms with E-state index in [9.17, 15) is 8.78 Å². The van der Waals surface area contributed by atoms with Crippen LogP contribution >= 0.6 is 38.5 Å². The van der Waals surface area contributed by atoms with Gasteiger partial charge in [-0.05, 0) is 44.6 Å². The summed E-state index contributed by atoms with van der Waals surface area (Å²) in [4.78, 5) is 0. The van der Waals surface area contributed by atoms with Gasteiger partial charge in [-0.25, -0.2) is 8.78 Å². The Kier molecular flexibility index (Phi) is 2.69. The predicted octanol–water partition coefficient (Wildman–Crippen LogP) is 2.91. The first kappa shape index (κ1) is 9.18. The minimum Gasteiger partial charge on any atom is -0.395 e. The molecular weight excluding hydrogens is 331 g/mol. The maximum Gasteiger partial charge on any atom is 0.183 e. The van der Waals surface area contributed by atoms with E-state index >= 15 is 0 Å². The number of halogens is 4. The number of hydrogen-bond acceptors (Lipinski definition) is 1. The predicted molar refractivity (Wildman–Crippen MR) is 51.2 cm³/mol. The summed E-state index contributed by atoms with van der Waals surface area (Å²) in [5.74, 6) is -1.94. The summed E-state index contributed by atoms with van der Waals surface area (Å²) in [5, 5.41) is 0. The second-order valence-electron chi connectivity index (χ2n) is 1.88. The van der Waals surface area contributed by atoms with Crippen LogP contribution in [0.25, 0.3) is 0 Å². The van der Waals surface area contributed by atoms with Gasteiger partial charge in [0.05, 0.1) is 10.2 Å². The highest BCUT2D eigenvalue weighted by molar-refractivity contribution is 14.1. The smallest absolute Gasteiger partial charge is 0.183 e. The molecule has 0 amide bonds. The van der Waals surface area contributed by atoms with Crippen LogP contribution in [0.1, 0.15) is 0 Å². The van der Waals surface area contributed by atoms with E-state index in [1.807, 2.05) is 22.6 Å². The minimum atomic E-state index is -0.997.